The second-order valence-electron chi connectivity index (χ2n) is 5.82. The number of benzene rings is 1. The molecular weight excluding hydrogens is 370 g/mol. The first kappa shape index (κ1) is 16.6. The highest BCUT2D eigenvalue weighted by molar-refractivity contribution is 9.10. The van der Waals surface area contributed by atoms with E-state index in [9.17, 15) is 9.59 Å². The molecule has 1 aliphatic rings. The van der Waals surface area contributed by atoms with Crippen molar-refractivity contribution >= 4 is 33.4 Å². The largest absolute Gasteiger partial charge is 0.348 e. The maximum absolute atomic E-state index is 12.3. The van der Waals surface area contributed by atoms with E-state index in [0.717, 1.165) is 30.2 Å². The zero-order chi connectivity index (χ0) is 16.9. The van der Waals surface area contributed by atoms with Gasteiger partial charge in [0.05, 0.1) is 0 Å². The molecule has 2 aromatic rings. The van der Waals surface area contributed by atoms with Crippen LogP contribution in [0.15, 0.2) is 46.9 Å². The Hall–Kier alpha value is -2.21. The first-order chi connectivity index (χ1) is 11.6. The van der Waals surface area contributed by atoms with E-state index < -0.39 is 0 Å². The second kappa shape index (κ2) is 7.57. The molecule has 1 saturated carbocycles. The van der Waals surface area contributed by atoms with Crippen molar-refractivity contribution in [1.82, 2.24) is 10.3 Å². The molecule has 3 rings (SSSR count). The molecule has 2 amide bonds. The van der Waals surface area contributed by atoms with Crippen molar-refractivity contribution in [2.45, 2.75) is 31.7 Å². The van der Waals surface area contributed by atoms with Crippen molar-refractivity contribution in [2.24, 2.45) is 0 Å². The molecule has 0 unspecified atom stereocenters. The summed E-state index contributed by atoms with van der Waals surface area (Å²) in [5.74, 6) is -0.562. The van der Waals surface area contributed by atoms with Crippen molar-refractivity contribution in [2.75, 3.05) is 5.32 Å². The quantitative estimate of drug-likeness (QED) is 0.838. The number of nitrogens with one attached hydrogen (secondary N) is 2. The van der Waals surface area contributed by atoms with Gasteiger partial charge in [0.15, 0.2) is 0 Å². The molecule has 5 nitrogen and oxygen atoms in total. The Morgan fingerprint density at radius 3 is 2.25 bits per heavy atom. The third-order valence-electron chi connectivity index (χ3n) is 4.01. The van der Waals surface area contributed by atoms with Crippen LogP contribution in [-0.4, -0.2) is 22.8 Å². The first-order valence-electron chi connectivity index (χ1n) is 7.96. The van der Waals surface area contributed by atoms with Crippen LogP contribution in [0.2, 0.25) is 0 Å². The van der Waals surface area contributed by atoms with E-state index in [4.69, 9.17) is 0 Å². The Labute approximate surface area is 149 Å². The van der Waals surface area contributed by atoms with E-state index in [-0.39, 0.29) is 29.2 Å². The van der Waals surface area contributed by atoms with Gasteiger partial charge in [0.1, 0.15) is 11.4 Å². The molecule has 0 saturated heterocycles. The monoisotopic (exact) mass is 387 g/mol. The van der Waals surface area contributed by atoms with E-state index in [1.165, 1.54) is 0 Å². The van der Waals surface area contributed by atoms with Gasteiger partial charge in [-0.05, 0) is 49.2 Å². The van der Waals surface area contributed by atoms with Crippen LogP contribution in [0, 0.1) is 0 Å². The summed E-state index contributed by atoms with van der Waals surface area (Å²) in [4.78, 5) is 28.8. The van der Waals surface area contributed by atoms with Crippen molar-refractivity contribution in [3.8, 4) is 0 Å². The van der Waals surface area contributed by atoms with E-state index in [2.05, 4.69) is 31.5 Å². The average molecular weight is 388 g/mol. The molecule has 1 heterocycles. The van der Waals surface area contributed by atoms with Crippen LogP contribution >= 0.6 is 15.9 Å². The lowest BCUT2D eigenvalue weighted by Gasteiger charge is -2.12. The van der Waals surface area contributed by atoms with Gasteiger partial charge in [0.25, 0.3) is 11.8 Å². The highest BCUT2D eigenvalue weighted by atomic mass is 79.9. The Kier molecular flexibility index (Phi) is 5.25. The SMILES string of the molecule is O=C(Nc1ccc(Br)cc1)c1cccc(C(=O)NC2CCCC2)n1. The molecule has 0 bridgehead atoms. The Balaban J connectivity index is 1.68. The Bertz CT molecular complexity index is 740. The van der Waals surface area contributed by atoms with Crippen molar-refractivity contribution < 1.29 is 9.59 Å². The summed E-state index contributed by atoms with van der Waals surface area (Å²) in [5.41, 5.74) is 1.16. The molecule has 6 heteroatoms. The third kappa shape index (κ3) is 4.20. The zero-order valence-electron chi connectivity index (χ0n) is 13.1. The van der Waals surface area contributed by atoms with Crippen LogP contribution in [0.3, 0.4) is 0 Å². The fourth-order valence-corrected chi connectivity index (χ4v) is 3.01. The minimum Gasteiger partial charge on any atom is -0.348 e. The summed E-state index contributed by atoms with van der Waals surface area (Å²) < 4.78 is 0.934. The van der Waals surface area contributed by atoms with Crippen molar-refractivity contribution in [3.63, 3.8) is 0 Å². The van der Waals surface area contributed by atoms with E-state index >= 15 is 0 Å². The second-order valence-corrected chi connectivity index (χ2v) is 6.74. The maximum Gasteiger partial charge on any atom is 0.274 e. The molecule has 124 valence electrons. The summed E-state index contributed by atoms with van der Waals surface area (Å²) in [6.45, 7) is 0. The fraction of sp³-hybridized carbons (Fsp3) is 0.278. The summed E-state index contributed by atoms with van der Waals surface area (Å²) >= 11 is 3.35. The van der Waals surface area contributed by atoms with Crippen LogP contribution in [0.1, 0.15) is 46.7 Å². The highest BCUT2D eigenvalue weighted by Gasteiger charge is 2.19. The standard InChI is InChI=1S/C18H18BrN3O2/c19-12-8-10-14(11-9-12)21-18(24)16-7-3-6-15(22-16)17(23)20-13-4-1-2-5-13/h3,6-11,13H,1-2,4-5H2,(H,20,23)(H,21,24). The number of carbonyl (C=O) groups is 2. The van der Waals surface area contributed by atoms with Gasteiger partial charge in [-0.25, -0.2) is 4.98 Å². The van der Waals surface area contributed by atoms with E-state index in [0.29, 0.717) is 5.69 Å². The number of anilines is 1. The molecule has 0 aliphatic heterocycles. The molecule has 1 aromatic carbocycles. The van der Waals surface area contributed by atoms with Crippen LogP contribution in [-0.2, 0) is 0 Å². The lowest BCUT2D eigenvalue weighted by molar-refractivity contribution is 0.0932. The van der Waals surface area contributed by atoms with Gasteiger partial charge in [-0.1, -0.05) is 34.8 Å². The average Bonchev–Trinajstić information content (AvgIpc) is 3.10. The van der Waals surface area contributed by atoms with Gasteiger partial charge in [0, 0.05) is 16.2 Å². The number of carbonyl (C=O) groups excluding carboxylic acids is 2. The predicted molar refractivity (Wildman–Crippen MR) is 96.1 cm³/mol. The third-order valence-corrected chi connectivity index (χ3v) is 4.54. The van der Waals surface area contributed by atoms with Crippen molar-refractivity contribution in [3.05, 3.63) is 58.3 Å². The zero-order valence-corrected chi connectivity index (χ0v) is 14.7. The van der Waals surface area contributed by atoms with Gasteiger partial charge >= 0.3 is 0 Å². The minimum atomic E-state index is -0.340. The van der Waals surface area contributed by atoms with E-state index in [1.807, 2.05) is 12.1 Å². The smallest absolute Gasteiger partial charge is 0.274 e. The number of nitrogens with zero attached hydrogens (tertiary/aromatic N) is 1. The lowest BCUT2D eigenvalue weighted by Crippen LogP contribution is -2.33. The summed E-state index contributed by atoms with van der Waals surface area (Å²) in [6, 6.07) is 12.4. The van der Waals surface area contributed by atoms with Crippen LogP contribution in [0.5, 0.6) is 0 Å². The predicted octanol–water partition coefficient (Wildman–Crippen LogP) is 3.77. The number of pyridine rings is 1. The minimum absolute atomic E-state index is 0.219. The number of halogens is 1. The maximum atomic E-state index is 12.3. The molecule has 24 heavy (non-hydrogen) atoms. The van der Waals surface area contributed by atoms with Crippen LogP contribution in [0.25, 0.3) is 0 Å². The molecule has 1 aliphatic carbocycles. The molecule has 1 aromatic heterocycles. The lowest BCUT2D eigenvalue weighted by atomic mass is 10.2. The molecular formula is C18H18BrN3O2. The van der Waals surface area contributed by atoms with Gasteiger partial charge < -0.3 is 10.6 Å². The highest BCUT2D eigenvalue weighted by Crippen LogP contribution is 2.18. The van der Waals surface area contributed by atoms with Gasteiger partial charge in [-0.3, -0.25) is 9.59 Å². The summed E-state index contributed by atoms with van der Waals surface area (Å²) in [6.07, 6.45) is 4.31. The summed E-state index contributed by atoms with van der Waals surface area (Å²) in [7, 11) is 0. The molecule has 0 spiro atoms. The Morgan fingerprint density at radius 1 is 0.958 bits per heavy atom. The van der Waals surface area contributed by atoms with Gasteiger partial charge in [-0.2, -0.15) is 0 Å². The topological polar surface area (TPSA) is 71.1 Å². The molecule has 0 atom stereocenters. The van der Waals surface area contributed by atoms with Crippen LogP contribution < -0.4 is 10.6 Å². The fourth-order valence-electron chi connectivity index (χ4n) is 2.75. The number of hydrogen-bond donors (Lipinski definition) is 2. The number of rotatable bonds is 4. The molecule has 1 fully saturated rings. The summed E-state index contributed by atoms with van der Waals surface area (Å²) in [5, 5.41) is 5.75. The molecule has 0 radical (unpaired) electrons. The van der Waals surface area contributed by atoms with Gasteiger partial charge in [-0.15, -0.1) is 0 Å². The number of amides is 2. The van der Waals surface area contributed by atoms with Gasteiger partial charge in [0.2, 0.25) is 0 Å². The molecule has 2 N–H and O–H groups in total. The van der Waals surface area contributed by atoms with Crippen molar-refractivity contribution in [1.29, 1.82) is 0 Å². The normalized spacial score (nSPS) is 14.4. The van der Waals surface area contributed by atoms with Crippen LogP contribution in [0.4, 0.5) is 5.69 Å². The number of aromatic nitrogens is 1. The first-order valence-corrected chi connectivity index (χ1v) is 8.76. The Morgan fingerprint density at radius 2 is 1.58 bits per heavy atom. The van der Waals surface area contributed by atoms with E-state index in [1.54, 1.807) is 30.3 Å². The number of hydrogen-bond acceptors (Lipinski definition) is 3.